The smallest absolute Gasteiger partial charge is 0.311 e. The maximum absolute atomic E-state index is 15.1. The number of ether oxygens (including phenoxy) is 1. The van der Waals surface area contributed by atoms with Crippen LogP contribution in [-0.2, 0) is 25.7 Å². The van der Waals surface area contributed by atoms with Crippen LogP contribution in [0.1, 0.15) is 113 Å². The number of carbonyl (C=O) groups excluding carboxylic acids is 3. The minimum absolute atomic E-state index is 0.0393. The molecule has 1 aromatic carbocycles. The molecule has 1 aromatic rings. The third-order valence-corrected chi connectivity index (χ3v) is 15.4. The first kappa shape index (κ1) is 36.5. The maximum Gasteiger partial charge on any atom is 0.311 e. The lowest BCUT2D eigenvalue weighted by molar-refractivity contribution is -0.171. The van der Waals surface area contributed by atoms with Gasteiger partial charge in [0.2, 0.25) is 5.91 Å². The van der Waals surface area contributed by atoms with Crippen molar-refractivity contribution in [1.82, 2.24) is 15.5 Å². The average Bonchev–Trinajstić information content (AvgIpc) is 3.66. The SMILES string of the molecule is CC(C)C(=O)N[C@H]1CCC23C[C@]24C(=O)C[C@]2(C)[C@@H]([C@H](C)N(C)C)[C@H](OC(=O)C(C)(C)C)C[C@@]2(C)[C@@H]4CC[C@H]3[C@]1(C)CNCc1ccccc1. The summed E-state index contributed by atoms with van der Waals surface area (Å²) in [5, 5.41) is 7.33. The molecule has 1 unspecified atom stereocenters. The van der Waals surface area contributed by atoms with Gasteiger partial charge in [-0.3, -0.25) is 14.4 Å². The fourth-order valence-corrected chi connectivity index (χ4v) is 12.5. The number of Topliss-reactive ketones (excluding diaryl/α,β-unsaturated/α-hetero) is 1. The minimum atomic E-state index is -0.584. The molecular formula is C42H65N3O4. The Morgan fingerprint density at radius 2 is 1.63 bits per heavy atom. The van der Waals surface area contributed by atoms with Crippen molar-refractivity contribution in [3.05, 3.63) is 35.9 Å². The lowest BCUT2D eigenvalue weighted by Crippen LogP contribution is -2.65. The first-order chi connectivity index (χ1) is 22.8. The van der Waals surface area contributed by atoms with Gasteiger partial charge in [0.15, 0.2) is 0 Å². The van der Waals surface area contributed by atoms with Gasteiger partial charge in [-0.25, -0.2) is 0 Å². The number of amides is 1. The summed E-state index contributed by atoms with van der Waals surface area (Å²) in [5.41, 5.74) is -0.278. The van der Waals surface area contributed by atoms with E-state index in [9.17, 15) is 9.59 Å². The number of esters is 1. The third-order valence-electron chi connectivity index (χ3n) is 15.4. The molecule has 7 heteroatoms. The van der Waals surface area contributed by atoms with Gasteiger partial charge in [0.05, 0.1) is 5.41 Å². The Hall–Kier alpha value is -2.25. The summed E-state index contributed by atoms with van der Waals surface area (Å²) >= 11 is 0. The van der Waals surface area contributed by atoms with Gasteiger partial charge in [0, 0.05) is 54.3 Å². The zero-order valence-corrected chi connectivity index (χ0v) is 32.4. The van der Waals surface area contributed by atoms with Crippen LogP contribution in [0.15, 0.2) is 30.3 Å². The topological polar surface area (TPSA) is 87.7 Å². The van der Waals surface area contributed by atoms with Gasteiger partial charge in [0.1, 0.15) is 11.9 Å². The van der Waals surface area contributed by atoms with E-state index in [0.717, 1.165) is 51.6 Å². The zero-order chi connectivity index (χ0) is 35.9. The van der Waals surface area contributed by atoms with E-state index in [-0.39, 0.29) is 74.9 Å². The van der Waals surface area contributed by atoms with E-state index < -0.39 is 5.41 Å². The Morgan fingerprint density at radius 1 is 0.980 bits per heavy atom. The molecule has 5 fully saturated rings. The molecule has 2 N–H and O–H groups in total. The van der Waals surface area contributed by atoms with Gasteiger partial charge in [-0.2, -0.15) is 0 Å². The van der Waals surface area contributed by atoms with Crippen LogP contribution in [0, 0.1) is 56.2 Å². The summed E-state index contributed by atoms with van der Waals surface area (Å²) in [6, 6.07) is 10.8. The number of carbonyl (C=O) groups is 3. The normalized spacial score (nSPS) is 41.7. The molecule has 0 aromatic heterocycles. The van der Waals surface area contributed by atoms with Crippen LogP contribution in [0.25, 0.3) is 0 Å². The number of benzene rings is 1. The van der Waals surface area contributed by atoms with Crippen LogP contribution in [0.4, 0.5) is 0 Å². The Kier molecular flexibility index (Phi) is 9.08. The molecule has 0 bridgehead atoms. The molecule has 0 aliphatic heterocycles. The molecule has 1 amide bonds. The number of nitrogens with zero attached hydrogens (tertiary/aromatic N) is 1. The van der Waals surface area contributed by atoms with E-state index in [2.05, 4.69) is 87.7 Å². The van der Waals surface area contributed by atoms with E-state index in [4.69, 9.17) is 4.74 Å². The van der Waals surface area contributed by atoms with Crippen LogP contribution < -0.4 is 10.6 Å². The fourth-order valence-electron chi connectivity index (χ4n) is 12.5. The van der Waals surface area contributed by atoms with Crippen molar-refractivity contribution in [2.45, 2.75) is 132 Å². The second-order valence-corrected chi connectivity index (χ2v) is 19.4. The quantitative estimate of drug-likeness (QED) is 0.273. The lowest BCUT2D eigenvalue weighted by atomic mass is 9.41. The molecule has 49 heavy (non-hydrogen) atoms. The summed E-state index contributed by atoms with van der Waals surface area (Å²) in [6.45, 7) is 20.8. The third kappa shape index (κ3) is 5.37. The Balaban J connectivity index is 1.35. The average molecular weight is 676 g/mol. The molecule has 2 spiro atoms. The van der Waals surface area contributed by atoms with Crippen molar-refractivity contribution in [2.75, 3.05) is 20.6 Å². The highest BCUT2D eigenvalue weighted by molar-refractivity contribution is 5.92. The molecule has 5 aliphatic carbocycles. The molecule has 0 radical (unpaired) electrons. The summed E-state index contributed by atoms with van der Waals surface area (Å²) in [7, 11) is 4.23. The van der Waals surface area contributed by atoms with Gasteiger partial charge >= 0.3 is 5.97 Å². The molecule has 272 valence electrons. The van der Waals surface area contributed by atoms with Crippen molar-refractivity contribution >= 4 is 17.7 Å². The lowest BCUT2D eigenvalue weighted by Gasteiger charge is -2.63. The highest BCUT2D eigenvalue weighted by Gasteiger charge is 2.86. The van der Waals surface area contributed by atoms with Crippen LogP contribution in [-0.4, -0.2) is 61.4 Å². The number of rotatable bonds is 9. The number of nitrogens with one attached hydrogen (secondary N) is 2. The highest BCUT2D eigenvalue weighted by atomic mass is 16.5. The second kappa shape index (κ2) is 12.2. The minimum Gasteiger partial charge on any atom is -0.462 e. The molecular weight excluding hydrogens is 610 g/mol. The van der Waals surface area contributed by atoms with Crippen LogP contribution in [0.2, 0.25) is 0 Å². The van der Waals surface area contributed by atoms with Crippen molar-refractivity contribution in [3.63, 3.8) is 0 Å². The van der Waals surface area contributed by atoms with Crippen LogP contribution in [0.3, 0.4) is 0 Å². The molecule has 0 saturated heterocycles. The molecule has 7 nitrogen and oxygen atoms in total. The predicted octanol–water partition coefficient (Wildman–Crippen LogP) is 7.03. The van der Waals surface area contributed by atoms with Crippen molar-refractivity contribution in [1.29, 1.82) is 0 Å². The Labute approximate surface area is 296 Å². The zero-order valence-electron chi connectivity index (χ0n) is 32.4. The number of ketones is 1. The monoisotopic (exact) mass is 675 g/mol. The van der Waals surface area contributed by atoms with E-state index in [1.54, 1.807) is 0 Å². The molecule has 5 saturated carbocycles. The highest BCUT2D eigenvalue weighted by Crippen LogP contribution is 2.88. The standard InChI is InChI=1S/C42H65N3O4/c1-26(2)35(47)44-32-19-20-41-24-42(41)31(18-17-30(41)38(32,7)25-43-23-28-15-13-12-14-16-28)39(8)21-29(49-36(48)37(4,5)6)34(27(3)45(10)11)40(39,9)22-33(42)46/h12-16,26-27,29-32,34,43H,17-25H2,1-11H3,(H,44,47)/t27-,29+,30-,31-,32-,34-,38-,39-,40+,41?,42-/m0/s1. The first-order valence-electron chi connectivity index (χ1n) is 19.2. The van der Waals surface area contributed by atoms with E-state index in [1.165, 1.54) is 5.56 Å². The van der Waals surface area contributed by atoms with Gasteiger partial charge in [-0.15, -0.1) is 0 Å². The molecule has 0 heterocycles. The second-order valence-electron chi connectivity index (χ2n) is 19.4. The first-order valence-corrected chi connectivity index (χ1v) is 19.2. The summed E-state index contributed by atoms with van der Waals surface area (Å²) < 4.78 is 6.51. The van der Waals surface area contributed by atoms with E-state index in [1.807, 2.05) is 34.6 Å². The fraction of sp³-hybridized carbons (Fsp3) is 0.786. The van der Waals surface area contributed by atoms with Crippen molar-refractivity contribution < 1.29 is 19.1 Å². The van der Waals surface area contributed by atoms with Crippen LogP contribution in [0.5, 0.6) is 0 Å². The van der Waals surface area contributed by atoms with Gasteiger partial charge in [-0.1, -0.05) is 65.0 Å². The van der Waals surface area contributed by atoms with Crippen molar-refractivity contribution in [2.24, 2.45) is 56.2 Å². The number of fused-ring (bicyclic) bond motifs is 2. The Morgan fingerprint density at radius 3 is 2.24 bits per heavy atom. The molecule has 11 atom stereocenters. The van der Waals surface area contributed by atoms with E-state index in [0.29, 0.717) is 18.1 Å². The number of hydrogen-bond acceptors (Lipinski definition) is 6. The predicted molar refractivity (Wildman–Crippen MR) is 194 cm³/mol. The van der Waals surface area contributed by atoms with E-state index >= 15 is 4.79 Å². The van der Waals surface area contributed by atoms with Gasteiger partial charge in [0.25, 0.3) is 0 Å². The van der Waals surface area contributed by atoms with Crippen LogP contribution >= 0.6 is 0 Å². The molecule has 6 rings (SSSR count). The largest absolute Gasteiger partial charge is 0.462 e. The number of hydrogen-bond donors (Lipinski definition) is 2. The summed E-state index contributed by atoms with van der Waals surface area (Å²) in [6.07, 6.45) is 6.08. The van der Waals surface area contributed by atoms with Gasteiger partial charge in [-0.05, 0) is 114 Å². The maximum atomic E-state index is 15.1. The summed E-state index contributed by atoms with van der Waals surface area (Å²) in [5.74, 6) is 1.04. The summed E-state index contributed by atoms with van der Waals surface area (Å²) in [4.78, 5) is 44.0. The van der Waals surface area contributed by atoms with Crippen molar-refractivity contribution in [3.8, 4) is 0 Å². The van der Waals surface area contributed by atoms with Gasteiger partial charge < -0.3 is 20.3 Å². The molecule has 5 aliphatic rings. The Bertz CT molecular complexity index is 1450.